The molecular formula is C20H23N3O2. The van der Waals surface area contributed by atoms with Gasteiger partial charge in [-0.25, -0.2) is 0 Å². The summed E-state index contributed by atoms with van der Waals surface area (Å²) < 4.78 is 0. The van der Waals surface area contributed by atoms with Gasteiger partial charge in [0.15, 0.2) is 0 Å². The summed E-state index contributed by atoms with van der Waals surface area (Å²) >= 11 is 0. The SMILES string of the molecule is C=CC(=O)N1CCC(c2ccc(NC(=O)c3cc(C)c[nH]3)cc2)CC1. The van der Waals surface area contributed by atoms with Crippen LogP contribution in [0.2, 0.25) is 0 Å². The number of aryl methyl sites for hydroxylation is 1. The minimum atomic E-state index is -0.142. The zero-order valence-electron chi connectivity index (χ0n) is 14.4. The normalized spacial score (nSPS) is 15.0. The summed E-state index contributed by atoms with van der Waals surface area (Å²) in [5.41, 5.74) is 3.61. The highest BCUT2D eigenvalue weighted by Gasteiger charge is 2.22. The number of benzene rings is 1. The molecule has 1 fully saturated rings. The number of carbonyl (C=O) groups excluding carboxylic acids is 2. The molecular weight excluding hydrogens is 314 g/mol. The second kappa shape index (κ2) is 7.38. The number of H-pyrrole nitrogens is 1. The molecule has 5 heteroatoms. The Labute approximate surface area is 147 Å². The van der Waals surface area contributed by atoms with Crippen molar-refractivity contribution >= 4 is 17.5 Å². The lowest BCUT2D eigenvalue weighted by Gasteiger charge is -2.31. The van der Waals surface area contributed by atoms with Gasteiger partial charge in [-0.3, -0.25) is 9.59 Å². The van der Waals surface area contributed by atoms with Crippen molar-refractivity contribution in [3.63, 3.8) is 0 Å². The van der Waals surface area contributed by atoms with Gasteiger partial charge in [0.1, 0.15) is 5.69 Å². The highest BCUT2D eigenvalue weighted by atomic mass is 16.2. The number of rotatable bonds is 4. The average molecular weight is 337 g/mol. The Bertz CT molecular complexity index is 768. The maximum absolute atomic E-state index is 12.2. The van der Waals surface area contributed by atoms with Crippen LogP contribution in [-0.4, -0.2) is 34.8 Å². The lowest BCUT2D eigenvalue weighted by atomic mass is 9.89. The third-order valence-electron chi connectivity index (χ3n) is 4.69. The van der Waals surface area contributed by atoms with Crippen LogP contribution in [-0.2, 0) is 4.79 Å². The molecule has 2 N–H and O–H groups in total. The fourth-order valence-electron chi connectivity index (χ4n) is 3.23. The number of piperidine rings is 1. The smallest absolute Gasteiger partial charge is 0.272 e. The molecule has 1 aromatic carbocycles. The summed E-state index contributed by atoms with van der Waals surface area (Å²) in [6.07, 6.45) is 5.09. The van der Waals surface area contributed by atoms with E-state index in [1.165, 1.54) is 11.6 Å². The van der Waals surface area contributed by atoms with Crippen molar-refractivity contribution in [3.8, 4) is 0 Å². The van der Waals surface area contributed by atoms with Gasteiger partial charge in [0.05, 0.1) is 0 Å². The van der Waals surface area contributed by atoms with Gasteiger partial charge in [-0.15, -0.1) is 0 Å². The maximum Gasteiger partial charge on any atom is 0.272 e. The van der Waals surface area contributed by atoms with E-state index < -0.39 is 0 Å². The first-order valence-electron chi connectivity index (χ1n) is 8.54. The molecule has 5 nitrogen and oxygen atoms in total. The van der Waals surface area contributed by atoms with Gasteiger partial charge < -0.3 is 15.2 Å². The molecule has 0 aliphatic carbocycles. The van der Waals surface area contributed by atoms with E-state index in [0.29, 0.717) is 11.6 Å². The predicted molar refractivity (Wildman–Crippen MR) is 98.7 cm³/mol. The zero-order chi connectivity index (χ0) is 17.8. The summed E-state index contributed by atoms with van der Waals surface area (Å²) in [6, 6.07) is 9.81. The fourth-order valence-corrected chi connectivity index (χ4v) is 3.23. The molecule has 2 amide bonds. The molecule has 130 valence electrons. The first-order chi connectivity index (χ1) is 12.1. The zero-order valence-corrected chi connectivity index (χ0v) is 14.4. The Morgan fingerprint density at radius 1 is 1.24 bits per heavy atom. The van der Waals surface area contributed by atoms with Crippen molar-refractivity contribution in [2.24, 2.45) is 0 Å². The molecule has 0 saturated carbocycles. The first-order valence-corrected chi connectivity index (χ1v) is 8.54. The van der Waals surface area contributed by atoms with Gasteiger partial charge in [0, 0.05) is 25.0 Å². The van der Waals surface area contributed by atoms with Crippen molar-refractivity contribution in [2.75, 3.05) is 18.4 Å². The van der Waals surface area contributed by atoms with Crippen LogP contribution in [0.25, 0.3) is 0 Å². The number of nitrogens with one attached hydrogen (secondary N) is 2. The Hall–Kier alpha value is -2.82. The summed E-state index contributed by atoms with van der Waals surface area (Å²) in [7, 11) is 0. The number of anilines is 1. The van der Waals surface area contributed by atoms with E-state index >= 15 is 0 Å². The molecule has 1 aromatic heterocycles. The molecule has 1 aliphatic rings. The number of likely N-dealkylation sites (tertiary alicyclic amines) is 1. The highest BCUT2D eigenvalue weighted by molar-refractivity contribution is 6.03. The average Bonchev–Trinajstić information content (AvgIpc) is 3.08. The Kier molecular flexibility index (Phi) is 5.03. The van der Waals surface area contributed by atoms with E-state index in [1.807, 2.05) is 36.2 Å². The van der Waals surface area contributed by atoms with Crippen molar-refractivity contribution in [1.29, 1.82) is 0 Å². The van der Waals surface area contributed by atoms with Crippen LogP contribution < -0.4 is 5.32 Å². The number of aromatic amines is 1. The van der Waals surface area contributed by atoms with E-state index in [2.05, 4.69) is 29.0 Å². The minimum Gasteiger partial charge on any atom is -0.357 e. The second-order valence-electron chi connectivity index (χ2n) is 6.47. The van der Waals surface area contributed by atoms with Crippen LogP contribution in [0.3, 0.4) is 0 Å². The second-order valence-corrected chi connectivity index (χ2v) is 6.47. The summed E-state index contributed by atoms with van der Waals surface area (Å²) in [6.45, 7) is 7.01. The number of nitrogens with zero attached hydrogens (tertiary/aromatic N) is 1. The predicted octanol–water partition coefficient (Wildman–Crippen LogP) is 3.47. The monoisotopic (exact) mass is 337 g/mol. The van der Waals surface area contributed by atoms with Crippen LogP contribution in [0.1, 0.15) is 40.4 Å². The van der Waals surface area contributed by atoms with E-state index in [4.69, 9.17) is 0 Å². The highest BCUT2D eigenvalue weighted by Crippen LogP contribution is 2.29. The van der Waals surface area contributed by atoms with Crippen LogP contribution >= 0.6 is 0 Å². The fraction of sp³-hybridized carbons (Fsp3) is 0.300. The van der Waals surface area contributed by atoms with E-state index in [1.54, 1.807) is 0 Å². The lowest BCUT2D eigenvalue weighted by molar-refractivity contribution is -0.127. The first kappa shape index (κ1) is 17.0. The quantitative estimate of drug-likeness (QED) is 0.839. The number of amides is 2. The van der Waals surface area contributed by atoms with Gasteiger partial charge in [-0.1, -0.05) is 18.7 Å². The molecule has 0 unspecified atom stereocenters. The number of hydrogen-bond acceptors (Lipinski definition) is 2. The van der Waals surface area contributed by atoms with Gasteiger partial charge in [0.25, 0.3) is 5.91 Å². The van der Waals surface area contributed by atoms with E-state index in [9.17, 15) is 9.59 Å². The molecule has 1 aliphatic heterocycles. The molecule has 0 bridgehead atoms. The molecule has 3 rings (SSSR count). The van der Waals surface area contributed by atoms with Crippen molar-refractivity contribution in [2.45, 2.75) is 25.7 Å². The molecule has 1 saturated heterocycles. The number of carbonyl (C=O) groups is 2. The number of aromatic nitrogens is 1. The summed E-state index contributed by atoms with van der Waals surface area (Å²) in [4.78, 5) is 28.6. The van der Waals surface area contributed by atoms with Crippen molar-refractivity contribution in [1.82, 2.24) is 9.88 Å². The van der Waals surface area contributed by atoms with Gasteiger partial charge >= 0.3 is 0 Å². The van der Waals surface area contributed by atoms with Crippen LogP contribution in [0.5, 0.6) is 0 Å². The standard InChI is InChI=1S/C20H23N3O2/c1-3-19(24)23-10-8-16(9-11-23)15-4-6-17(7-5-15)22-20(25)18-12-14(2)13-21-18/h3-7,12-13,16,21H,1,8-11H2,2H3,(H,22,25). The Morgan fingerprint density at radius 3 is 2.48 bits per heavy atom. The van der Waals surface area contributed by atoms with Crippen LogP contribution in [0, 0.1) is 6.92 Å². The van der Waals surface area contributed by atoms with Gasteiger partial charge in [-0.2, -0.15) is 0 Å². The number of hydrogen-bond donors (Lipinski definition) is 2. The van der Waals surface area contributed by atoms with Crippen LogP contribution in [0.4, 0.5) is 5.69 Å². The maximum atomic E-state index is 12.2. The van der Waals surface area contributed by atoms with Gasteiger partial charge in [-0.05, 0) is 61.1 Å². The molecule has 2 heterocycles. The summed E-state index contributed by atoms with van der Waals surface area (Å²) in [5.74, 6) is 0.317. The Morgan fingerprint density at radius 2 is 1.92 bits per heavy atom. The minimum absolute atomic E-state index is 0.0102. The van der Waals surface area contributed by atoms with E-state index in [-0.39, 0.29) is 11.8 Å². The molecule has 0 spiro atoms. The van der Waals surface area contributed by atoms with Crippen LogP contribution in [0.15, 0.2) is 49.2 Å². The Balaban J connectivity index is 1.58. The largest absolute Gasteiger partial charge is 0.357 e. The summed E-state index contributed by atoms with van der Waals surface area (Å²) in [5, 5.41) is 2.90. The molecule has 0 atom stereocenters. The lowest BCUT2D eigenvalue weighted by Crippen LogP contribution is -2.36. The molecule has 2 aromatic rings. The third kappa shape index (κ3) is 3.99. The third-order valence-corrected chi connectivity index (χ3v) is 4.69. The molecule has 25 heavy (non-hydrogen) atoms. The van der Waals surface area contributed by atoms with Crippen molar-refractivity contribution in [3.05, 3.63) is 66.0 Å². The van der Waals surface area contributed by atoms with Gasteiger partial charge in [0.2, 0.25) is 5.91 Å². The van der Waals surface area contributed by atoms with Crippen molar-refractivity contribution < 1.29 is 9.59 Å². The topological polar surface area (TPSA) is 65.2 Å². The molecule has 0 radical (unpaired) electrons. The van der Waals surface area contributed by atoms with E-state index in [0.717, 1.165) is 37.2 Å².